The molecule has 146 valence electrons. The summed E-state index contributed by atoms with van der Waals surface area (Å²) in [6.45, 7) is 24.9. The van der Waals surface area contributed by atoms with E-state index in [1.54, 1.807) is 0 Å². The van der Waals surface area contributed by atoms with Crippen LogP contribution in [-0.2, 0) is 0 Å². The Labute approximate surface area is 157 Å². The second-order valence-electron chi connectivity index (χ2n) is 10.8. The third kappa shape index (κ3) is 4.09. The molecule has 0 bridgehead atoms. The molecule has 3 fully saturated rings. The molecule has 3 rings (SSSR count). The first-order valence-corrected chi connectivity index (χ1v) is 10.8. The Morgan fingerprint density at radius 1 is 0.800 bits per heavy atom. The number of hydrogen-bond donors (Lipinski definition) is 0. The predicted octanol–water partition coefficient (Wildman–Crippen LogP) is 3.94. The monoisotopic (exact) mass is 349 g/mol. The van der Waals surface area contributed by atoms with Gasteiger partial charge in [-0.05, 0) is 78.3 Å². The maximum Gasteiger partial charge on any atom is 0.0212 e. The van der Waals surface area contributed by atoms with Crippen molar-refractivity contribution in [2.75, 3.05) is 39.3 Å². The van der Waals surface area contributed by atoms with Gasteiger partial charge in [-0.15, -0.1) is 0 Å². The summed E-state index contributed by atoms with van der Waals surface area (Å²) in [7, 11) is 0. The number of likely N-dealkylation sites (tertiary alicyclic amines) is 3. The first kappa shape index (κ1) is 19.6. The predicted molar refractivity (Wildman–Crippen MR) is 108 cm³/mol. The van der Waals surface area contributed by atoms with Gasteiger partial charge in [0, 0.05) is 49.7 Å². The molecular weight excluding hydrogens is 306 g/mol. The maximum atomic E-state index is 2.77. The van der Waals surface area contributed by atoms with Crippen LogP contribution < -0.4 is 0 Å². The fourth-order valence-electron chi connectivity index (χ4n) is 5.76. The van der Waals surface area contributed by atoms with Crippen LogP contribution in [0.2, 0.25) is 0 Å². The van der Waals surface area contributed by atoms with Crippen LogP contribution in [0.15, 0.2) is 0 Å². The zero-order chi connectivity index (χ0) is 18.4. The van der Waals surface area contributed by atoms with E-state index in [0.29, 0.717) is 16.9 Å². The van der Waals surface area contributed by atoms with Crippen LogP contribution in [0.4, 0.5) is 0 Å². The number of piperidine rings is 1. The molecule has 0 aliphatic carbocycles. The molecule has 0 amide bonds. The Hall–Kier alpha value is -0.120. The van der Waals surface area contributed by atoms with E-state index >= 15 is 0 Å². The molecule has 3 nitrogen and oxygen atoms in total. The first-order chi connectivity index (χ1) is 11.6. The molecule has 1 atom stereocenters. The highest BCUT2D eigenvalue weighted by Gasteiger charge is 2.53. The van der Waals surface area contributed by atoms with E-state index in [9.17, 15) is 0 Å². The van der Waals surface area contributed by atoms with Crippen molar-refractivity contribution in [1.82, 2.24) is 14.7 Å². The molecule has 1 unspecified atom stereocenters. The highest BCUT2D eigenvalue weighted by atomic mass is 15.3. The molecule has 0 aromatic carbocycles. The van der Waals surface area contributed by atoms with Gasteiger partial charge in [0.1, 0.15) is 0 Å². The smallest absolute Gasteiger partial charge is 0.0212 e. The third-order valence-electron chi connectivity index (χ3n) is 7.69. The van der Waals surface area contributed by atoms with Crippen molar-refractivity contribution in [2.24, 2.45) is 16.7 Å². The molecule has 25 heavy (non-hydrogen) atoms. The van der Waals surface area contributed by atoms with Crippen molar-refractivity contribution in [3.63, 3.8) is 0 Å². The van der Waals surface area contributed by atoms with Crippen molar-refractivity contribution in [3.8, 4) is 0 Å². The van der Waals surface area contributed by atoms with Crippen LogP contribution in [0.5, 0.6) is 0 Å². The lowest BCUT2D eigenvalue weighted by molar-refractivity contribution is -0.142. The molecule has 0 aromatic rings. The second kappa shape index (κ2) is 7.13. The van der Waals surface area contributed by atoms with E-state index in [4.69, 9.17) is 0 Å². The molecule has 3 aliphatic heterocycles. The molecule has 0 N–H and O–H groups in total. The zero-order valence-electron chi connectivity index (χ0n) is 18.0. The lowest BCUT2D eigenvalue weighted by atomic mass is 9.68. The molecular formula is C22H43N3. The largest absolute Gasteiger partial charge is 0.301 e. The Kier molecular flexibility index (Phi) is 5.60. The van der Waals surface area contributed by atoms with E-state index in [1.165, 1.54) is 58.5 Å². The molecule has 0 aromatic heterocycles. The van der Waals surface area contributed by atoms with Gasteiger partial charge in [0.25, 0.3) is 0 Å². The first-order valence-electron chi connectivity index (χ1n) is 10.8. The van der Waals surface area contributed by atoms with Crippen LogP contribution in [0.25, 0.3) is 0 Å². The average Bonchev–Trinajstić information content (AvgIpc) is 2.43. The van der Waals surface area contributed by atoms with Gasteiger partial charge in [-0.1, -0.05) is 13.8 Å². The lowest BCUT2D eigenvalue weighted by Gasteiger charge is -2.63. The summed E-state index contributed by atoms with van der Waals surface area (Å²) in [6, 6.07) is 2.19. The van der Waals surface area contributed by atoms with Gasteiger partial charge < -0.3 is 4.90 Å². The molecule has 3 saturated heterocycles. The van der Waals surface area contributed by atoms with Crippen molar-refractivity contribution < 1.29 is 0 Å². The van der Waals surface area contributed by atoms with Crippen LogP contribution >= 0.6 is 0 Å². The van der Waals surface area contributed by atoms with E-state index in [0.717, 1.165) is 18.0 Å². The molecule has 1 spiro atoms. The van der Waals surface area contributed by atoms with Crippen molar-refractivity contribution in [2.45, 2.75) is 85.9 Å². The van der Waals surface area contributed by atoms with Crippen molar-refractivity contribution in [1.29, 1.82) is 0 Å². The van der Waals surface area contributed by atoms with Crippen LogP contribution in [-0.4, -0.2) is 72.1 Å². The summed E-state index contributed by atoms with van der Waals surface area (Å²) < 4.78 is 0. The summed E-state index contributed by atoms with van der Waals surface area (Å²) in [5.41, 5.74) is 1.14. The Balaban J connectivity index is 1.43. The summed E-state index contributed by atoms with van der Waals surface area (Å²) in [5.74, 6) is 0.903. The fraction of sp³-hybridized carbons (Fsp3) is 1.00. The van der Waals surface area contributed by atoms with Crippen LogP contribution in [0.3, 0.4) is 0 Å². The highest BCUT2D eigenvalue weighted by molar-refractivity contribution is 5.07. The minimum atomic E-state index is 0.481. The van der Waals surface area contributed by atoms with Gasteiger partial charge in [-0.3, -0.25) is 9.80 Å². The van der Waals surface area contributed by atoms with Crippen LogP contribution in [0, 0.1) is 16.7 Å². The van der Waals surface area contributed by atoms with E-state index in [-0.39, 0.29) is 0 Å². The fourth-order valence-corrected chi connectivity index (χ4v) is 5.76. The SMILES string of the molecule is CC(C)N1CCC(C(C)(C)CC(C)N2CC3(CN(C(C)C)C3)C2)CC1. The summed E-state index contributed by atoms with van der Waals surface area (Å²) in [5, 5.41) is 0. The topological polar surface area (TPSA) is 9.72 Å². The lowest BCUT2D eigenvalue weighted by Crippen LogP contribution is -2.74. The summed E-state index contributed by atoms with van der Waals surface area (Å²) in [4.78, 5) is 8.06. The van der Waals surface area contributed by atoms with Crippen molar-refractivity contribution in [3.05, 3.63) is 0 Å². The number of hydrogen-bond acceptors (Lipinski definition) is 3. The standard InChI is InChI=1S/C22H43N3/c1-17(2)23-10-8-20(9-11-23)21(6,7)12-19(5)25-15-22(16-25)13-24(14-22)18(3)4/h17-20H,8-16H2,1-7H3. The molecule has 3 aliphatic rings. The molecule has 3 heteroatoms. The third-order valence-corrected chi connectivity index (χ3v) is 7.69. The number of rotatable bonds is 6. The summed E-state index contributed by atoms with van der Waals surface area (Å²) in [6.07, 6.45) is 4.15. The van der Waals surface area contributed by atoms with Gasteiger partial charge in [-0.2, -0.15) is 0 Å². The van der Waals surface area contributed by atoms with Gasteiger partial charge in [0.15, 0.2) is 0 Å². The Morgan fingerprint density at radius 2 is 1.28 bits per heavy atom. The van der Waals surface area contributed by atoms with Crippen LogP contribution in [0.1, 0.15) is 67.7 Å². The Morgan fingerprint density at radius 3 is 1.76 bits per heavy atom. The average molecular weight is 350 g/mol. The van der Waals surface area contributed by atoms with Gasteiger partial charge in [0.2, 0.25) is 0 Å². The minimum Gasteiger partial charge on any atom is -0.301 e. The molecule has 3 heterocycles. The van der Waals surface area contributed by atoms with Gasteiger partial charge in [-0.25, -0.2) is 0 Å². The molecule has 0 radical (unpaired) electrons. The maximum absolute atomic E-state index is 2.77. The molecule has 0 saturated carbocycles. The van der Waals surface area contributed by atoms with Gasteiger partial charge in [0.05, 0.1) is 0 Å². The van der Waals surface area contributed by atoms with E-state index < -0.39 is 0 Å². The zero-order valence-corrected chi connectivity index (χ0v) is 18.0. The minimum absolute atomic E-state index is 0.481. The highest BCUT2D eigenvalue weighted by Crippen LogP contribution is 2.45. The normalized spacial score (nSPS) is 27.7. The van der Waals surface area contributed by atoms with E-state index in [1.807, 2.05) is 0 Å². The quantitative estimate of drug-likeness (QED) is 0.719. The van der Waals surface area contributed by atoms with Crippen molar-refractivity contribution >= 4 is 0 Å². The Bertz CT molecular complexity index is 434. The second-order valence-corrected chi connectivity index (χ2v) is 10.8. The summed E-state index contributed by atoms with van der Waals surface area (Å²) >= 11 is 0. The number of nitrogens with zero attached hydrogens (tertiary/aromatic N) is 3. The van der Waals surface area contributed by atoms with Gasteiger partial charge >= 0.3 is 0 Å². The van der Waals surface area contributed by atoms with E-state index in [2.05, 4.69) is 63.2 Å².